The number of nitrogens with zero attached hydrogens (tertiary/aromatic N) is 6. The molecule has 4 aromatic rings. The molecular weight excluding hydrogens is 428 g/mol. The molecule has 0 spiro atoms. The normalized spacial score (nSPS) is 11.2. The smallest absolute Gasteiger partial charge is 0.227 e. The first-order valence-electron chi connectivity index (χ1n) is 11.3. The molecule has 2 aromatic carbocycles. The Morgan fingerprint density at radius 2 is 1.88 bits per heavy atom. The first kappa shape index (κ1) is 23.3. The SMILES string of the molecule is CCn1nc(-c2ccnc(Nc3cc(N)c(N(C)CCN(C)C)cc3OC)n2)c2ccccc21. The Morgan fingerprint density at radius 3 is 2.62 bits per heavy atom. The van der Waals surface area contributed by atoms with E-state index in [0.717, 1.165) is 47.6 Å². The van der Waals surface area contributed by atoms with Crippen molar-refractivity contribution in [2.24, 2.45) is 0 Å². The van der Waals surface area contributed by atoms with Crippen LogP contribution in [-0.2, 0) is 6.54 Å². The molecule has 3 N–H and O–H groups in total. The number of hydrogen-bond acceptors (Lipinski definition) is 8. The lowest BCUT2D eigenvalue weighted by molar-refractivity contribution is 0.413. The fourth-order valence-electron chi connectivity index (χ4n) is 3.88. The molecule has 9 nitrogen and oxygen atoms in total. The van der Waals surface area contributed by atoms with Crippen LogP contribution in [0.3, 0.4) is 0 Å². The second kappa shape index (κ2) is 9.96. The van der Waals surface area contributed by atoms with Gasteiger partial charge in [-0.25, -0.2) is 9.97 Å². The summed E-state index contributed by atoms with van der Waals surface area (Å²) in [6.45, 7) is 4.62. The van der Waals surface area contributed by atoms with Gasteiger partial charge in [-0.05, 0) is 39.2 Å². The van der Waals surface area contributed by atoms with Gasteiger partial charge in [0.25, 0.3) is 0 Å². The first-order chi connectivity index (χ1) is 16.4. The van der Waals surface area contributed by atoms with E-state index in [2.05, 4.69) is 53.3 Å². The zero-order chi connectivity index (χ0) is 24.2. The Kier molecular flexibility index (Phi) is 6.83. The molecule has 2 aromatic heterocycles. The summed E-state index contributed by atoms with van der Waals surface area (Å²) in [7, 11) is 7.76. The number of ether oxygens (including phenoxy) is 1. The van der Waals surface area contributed by atoms with E-state index >= 15 is 0 Å². The highest BCUT2D eigenvalue weighted by Crippen LogP contribution is 2.36. The van der Waals surface area contributed by atoms with E-state index in [0.29, 0.717) is 23.1 Å². The van der Waals surface area contributed by atoms with Gasteiger partial charge in [0.15, 0.2) is 0 Å². The van der Waals surface area contributed by atoms with Crippen molar-refractivity contribution < 1.29 is 4.74 Å². The summed E-state index contributed by atoms with van der Waals surface area (Å²) in [6, 6.07) is 13.8. The molecule has 178 valence electrons. The molecule has 34 heavy (non-hydrogen) atoms. The second-order valence-electron chi connectivity index (χ2n) is 8.41. The van der Waals surface area contributed by atoms with Gasteiger partial charge in [-0.3, -0.25) is 4.68 Å². The topological polar surface area (TPSA) is 97.4 Å². The van der Waals surface area contributed by atoms with Crippen molar-refractivity contribution in [3.63, 3.8) is 0 Å². The van der Waals surface area contributed by atoms with Crippen LogP contribution in [0.15, 0.2) is 48.7 Å². The van der Waals surface area contributed by atoms with Crippen LogP contribution in [0.1, 0.15) is 6.92 Å². The molecule has 0 amide bonds. The number of aromatic nitrogens is 4. The Labute approximate surface area is 200 Å². The molecule has 0 radical (unpaired) electrons. The Hall–Kier alpha value is -3.85. The molecular formula is C25H32N8O. The molecule has 0 saturated carbocycles. The molecule has 0 aliphatic heterocycles. The molecule has 0 aliphatic carbocycles. The highest BCUT2D eigenvalue weighted by Gasteiger charge is 2.16. The van der Waals surface area contributed by atoms with Crippen molar-refractivity contribution in [2.45, 2.75) is 13.5 Å². The van der Waals surface area contributed by atoms with Gasteiger partial charge in [0.05, 0.1) is 35.4 Å². The van der Waals surface area contributed by atoms with E-state index in [4.69, 9.17) is 20.6 Å². The van der Waals surface area contributed by atoms with Crippen LogP contribution in [0.4, 0.5) is 23.0 Å². The number of para-hydroxylation sites is 1. The molecule has 0 unspecified atom stereocenters. The van der Waals surface area contributed by atoms with Gasteiger partial charge in [0.1, 0.15) is 11.4 Å². The summed E-state index contributed by atoms with van der Waals surface area (Å²) in [6.07, 6.45) is 1.73. The van der Waals surface area contributed by atoms with E-state index in [-0.39, 0.29) is 0 Å². The number of fused-ring (bicyclic) bond motifs is 1. The second-order valence-corrected chi connectivity index (χ2v) is 8.41. The number of nitrogens with two attached hydrogens (primary N) is 1. The molecule has 0 bridgehead atoms. The maximum atomic E-state index is 6.40. The number of anilines is 4. The quantitative estimate of drug-likeness (QED) is 0.364. The summed E-state index contributed by atoms with van der Waals surface area (Å²) in [4.78, 5) is 13.4. The number of rotatable bonds is 9. The minimum Gasteiger partial charge on any atom is -0.494 e. The van der Waals surface area contributed by atoms with E-state index in [1.807, 2.05) is 42.1 Å². The number of nitrogen functional groups attached to an aromatic ring is 1. The Balaban J connectivity index is 1.64. The standard InChI is InChI=1S/C25H32N8O/c1-6-33-21-10-8-7-9-17(21)24(30-33)19-11-12-27-25(28-19)29-20-15-18(26)22(16-23(20)34-5)32(4)14-13-31(2)3/h7-12,15-16H,6,13-14,26H2,1-5H3,(H,27,28,29). The highest BCUT2D eigenvalue weighted by atomic mass is 16.5. The van der Waals surface area contributed by atoms with Crippen molar-refractivity contribution in [1.82, 2.24) is 24.6 Å². The fourth-order valence-corrected chi connectivity index (χ4v) is 3.88. The van der Waals surface area contributed by atoms with E-state index in [9.17, 15) is 0 Å². The van der Waals surface area contributed by atoms with Crippen LogP contribution in [0.5, 0.6) is 5.75 Å². The van der Waals surface area contributed by atoms with Crippen molar-refractivity contribution in [3.8, 4) is 17.1 Å². The third kappa shape index (κ3) is 4.74. The van der Waals surface area contributed by atoms with E-state index in [1.165, 1.54) is 0 Å². The van der Waals surface area contributed by atoms with Crippen molar-refractivity contribution in [1.29, 1.82) is 0 Å². The minimum atomic E-state index is 0.444. The maximum absolute atomic E-state index is 6.40. The van der Waals surface area contributed by atoms with Crippen molar-refractivity contribution in [3.05, 3.63) is 48.7 Å². The van der Waals surface area contributed by atoms with Crippen LogP contribution in [0.25, 0.3) is 22.3 Å². The van der Waals surface area contributed by atoms with E-state index in [1.54, 1.807) is 13.3 Å². The summed E-state index contributed by atoms with van der Waals surface area (Å²) in [5.41, 5.74) is 11.3. The summed E-state index contributed by atoms with van der Waals surface area (Å²) < 4.78 is 7.63. The molecule has 2 heterocycles. The highest BCUT2D eigenvalue weighted by molar-refractivity contribution is 5.92. The van der Waals surface area contributed by atoms with Crippen LogP contribution >= 0.6 is 0 Å². The number of nitrogens with one attached hydrogen (secondary N) is 1. The number of aryl methyl sites for hydroxylation is 1. The zero-order valence-corrected chi connectivity index (χ0v) is 20.4. The summed E-state index contributed by atoms with van der Waals surface area (Å²) in [5, 5.41) is 9.11. The summed E-state index contributed by atoms with van der Waals surface area (Å²) >= 11 is 0. The first-order valence-corrected chi connectivity index (χ1v) is 11.3. The average Bonchev–Trinajstić information content (AvgIpc) is 3.22. The van der Waals surface area contributed by atoms with Gasteiger partial charge in [0, 0.05) is 44.3 Å². The average molecular weight is 461 g/mol. The molecule has 0 fully saturated rings. The molecule has 4 rings (SSSR count). The third-order valence-electron chi connectivity index (χ3n) is 5.74. The van der Waals surface area contributed by atoms with Gasteiger partial charge < -0.3 is 25.6 Å². The Bertz CT molecular complexity index is 1280. The molecule has 9 heteroatoms. The van der Waals surface area contributed by atoms with Gasteiger partial charge >= 0.3 is 0 Å². The summed E-state index contributed by atoms with van der Waals surface area (Å²) in [5.74, 6) is 1.11. The van der Waals surface area contributed by atoms with Gasteiger partial charge in [-0.15, -0.1) is 0 Å². The predicted molar refractivity (Wildman–Crippen MR) is 139 cm³/mol. The van der Waals surface area contributed by atoms with Crippen molar-refractivity contribution in [2.75, 3.05) is 57.3 Å². The predicted octanol–water partition coefficient (Wildman–Crippen LogP) is 3.85. The Morgan fingerprint density at radius 1 is 1.09 bits per heavy atom. The van der Waals surface area contributed by atoms with Gasteiger partial charge in [-0.1, -0.05) is 18.2 Å². The minimum absolute atomic E-state index is 0.444. The van der Waals surface area contributed by atoms with Crippen LogP contribution in [0.2, 0.25) is 0 Å². The van der Waals surface area contributed by atoms with Crippen LogP contribution < -0.4 is 20.7 Å². The van der Waals surface area contributed by atoms with Crippen LogP contribution in [0, 0.1) is 0 Å². The largest absolute Gasteiger partial charge is 0.494 e. The number of hydrogen-bond donors (Lipinski definition) is 2. The lowest BCUT2D eigenvalue weighted by Gasteiger charge is -2.24. The number of methoxy groups -OCH3 is 1. The molecule has 0 saturated heterocycles. The number of likely N-dealkylation sites (N-methyl/N-ethyl adjacent to an activating group) is 2. The third-order valence-corrected chi connectivity index (χ3v) is 5.74. The van der Waals surface area contributed by atoms with Gasteiger partial charge in [0.2, 0.25) is 5.95 Å². The lowest BCUT2D eigenvalue weighted by Crippen LogP contribution is -2.29. The van der Waals surface area contributed by atoms with E-state index < -0.39 is 0 Å². The lowest BCUT2D eigenvalue weighted by atomic mass is 10.1. The fraction of sp³-hybridized carbons (Fsp3) is 0.320. The van der Waals surface area contributed by atoms with Gasteiger partial charge in [-0.2, -0.15) is 5.10 Å². The zero-order valence-electron chi connectivity index (χ0n) is 20.4. The monoisotopic (exact) mass is 460 g/mol. The van der Waals surface area contributed by atoms with Crippen molar-refractivity contribution >= 4 is 33.9 Å². The molecule has 0 atom stereocenters. The number of benzene rings is 2. The molecule has 0 aliphatic rings. The maximum Gasteiger partial charge on any atom is 0.227 e. The van der Waals surface area contributed by atoms with Crippen LogP contribution in [-0.4, -0.2) is 66.0 Å².